The first-order chi connectivity index (χ1) is 19.0. The highest BCUT2D eigenvalue weighted by molar-refractivity contribution is 5.81. The maximum Gasteiger partial charge on any atom is 0.407 e. The molecule has 1 amide bonds. The van der Waals surface area contributed by atoms with E-state index in [1.54, 1.807) is 14.2 Å². The first kappa shape index (κ1) is 25.9. The van der Waals surface area contributed by atoms with Gasteiger partial charge in [0.1, 0.15) is 24.1 Å². The van der Waals surface area contributed by atoms with Crippen molar-refractivity contribution < 1.29 is 28.9 Å². The van der Waals surface area contributed by atoms with E-state index < -0.39 is 18.1 Å². The number of amides is 1. The van der Waals surface area contributed by atoms with Crippen LogP contribution in [0.3, 0.4) is 0 Å². The van der Waals surface area contributed by atoms with Gasteiger partial charge in [-0.1, -0.05) is 72.8 Å². The van der Waals surface area contributed by atoms with Crippen molar-refractivity contribution >= 4 is 12.1 Å². The zero-order valence-electron chi connectivity index (χ0n) is 21.7. The third-order valence-electron chi connectivity index (χ3n) is 7.05. The summed E-state index contributed by atoms with van der Waals surface area (Å²) in [6.07, 6.45) is -0.656. The molecule has 0 aromatic heterocycles. The minimum Gasteiger partial charge on any atom is -0.497 e. The second-order valence-electron chi connectivity index (χ2n) is 9.33. The molecule has 0 heterocycles. The van der Waals surface area contributed by atoms with E-state index in [-0.39, 0.29) is 18.9 Å². The fourth-order valence-electron chi connectivity index (χ4n) is 5.08. The van der Waals surface area contributed by atoms with E-state index in [4.69, 9.17) is 14.2 Å². The molecule has 0 bridgehead atoms. The van der Waals surface area contributed by atoms with Gasteiger partial charge in [-0.15, -0.1) is 0 Å². The zero-order chi connectivity index (χ0) is 27.4. The number of carbonyl (C=O) groups is 2. The van der Waals surface area contributed by atoms with Crippen LogP contribution in [0.1, 0.15) is 22.6 Å². The Morgan fingerprint density at radius 2 is 1.46 bits per heavy atom. The summed E-state index contributed by atoms with van der Waals surface area (Å²) in [5.41, 5.74) is 6.94. The molecule has 0 spiro atoms. The summed E-state index contributed by atoms with van der Waals surface area (Å²) in [6.45, 7) is 0.114. The molecule has 198 valence electrons. The molecule has 39 heavy (non-hydrogen) atoms. The van der Waals surface area contributed by atoms with E-state index in [1.165, 1.54) is 0 Å². The lowest BCUT2D eigenvalue weighted by Gasteiger charge is -2.18. The number of benzene rings is 4. The van der Waals surface area contributed by atoms with Gasteiger partial charge in [0.25, 0.3) is 0 Å². The SMILES string of the molecule is COc1ccc(OC)c(-c2ccc(C[C@H](NC(=O)OCC3c4ccccc4-c4ccccc43)C(=O)O)cc2)c1. The van der Waals surface area contributed by atoms with Gasteiger partial charge in [-0.05, 0) is 51.6 Å². The highest BCUT2D eigenvalue weighted by Gasteiger charge is 2.29. The lowest BCUT2D eigenvalue weighted by atomic mass is 9.98. The Hall–Kier alpha value is -4.78. The molecule has 0 aliphatic heterocycles. The van der Waals surface area contributed by atoms with E-state index in [2.05, 4.69) is 17.4 Å². The number of carbonyl (C=O) groups excluding carboxylic acids is 1. The Morgan fingerprint density at radius 3 is 2.05 bits per heavy atom. The Balaban J connectivity index is 1.24. The Labute approximate surface area is 227 Å². The maximum atomic E-state index is 12.7. The van der Waals surface area contributed by atoms with Crippen LogP contribution in [0.2, 0.25) is 0 Å². The van der Waals surface area contributed by atoms with Crippen molar-refractivity contribution in [2.45, 2.75) is 18.4 Å². The van der Waals surface area contributed by atoms with Gasteiger partial charge < -0.3 is 24.6 Å². The number of methoxy groups -OCH3 is 2. The lowest BCUT2D eigenvalue weighted by molar-refractivity contribution is -0.139. The molecule has 0 fully saturated rings. The quantitative estimate of drug-likeness (QED) is 0.284. The Bertz CT molecular complexity index is 1450. The first-order valence-electron chi connectivity index (χ1n) is 12.6. The molecule has 5 rings (SSSR count). The number of aliphatic carboxylic acids is 1. The highest BCUT2D eigenvalue weighted by Crippen LogP contribution is 2.44. The van der Waals surface area contributed by atoms with Gasteiger partial charge in [-0.2, -0.15) is 0 Å². The number of fused-ring (bicyclic) bond motifs is 3. The van der Waals surface area contributed by atoms with Crippen LogP contribution in [-0.4, -0.2) is 44.0 Å². The predicted octanol–water partition coefficient (Wildman–Crippen LogP) is 5.91. The normalized spacial score (nSPS) is 12.7. The number of nitrogens with one attached hydrogen (secondary N) is 1. The molecule has 7 nitrogen and oxygen atoms in total. The second-order valence-corrected chi connectivity index (χ2v) is 9.33. The van der Waals surface area contributed by atoms with Crippen LogP contribution in [0.4, 0.5) is 4.79 Å². The average molecular weight is 524 g/mol. The van der Waals surface area contributed by atoms with Gasteiger partial charge in [0.15, 0.2) is 0 Å². The van der Waals surface area contributed by atoms with Crippen LogP contribution in [0, 0.1) is 0 Å². The second kappa shape index (κ2) is 11.3. The Kier molecular flexibility index (Phi) is 7.50. The van der Waals surface area contributed by atoms with Gasteiger partial charge in [0.05, 0.1) is 14.2 Å². The van der Waals surface area contributed by atoms with Gasteiger partial charge in [-0.3, -0.25) is 0 Å². The number of hydrogen-bond donors (Lipinski definition) is 2. The van der Waals surface area contributed by atoms with Crippen LogP contribution < -0.4 is 14.8 Å². The summed E-state index contributed by atoms with van der Waals surface area (Å²) in [7, 11) is 3.20. The fourth-order valence-corrected chi connectivity index (χ4v) is 5.08. The molecule has 1 atom stereocenters. The van der Waals surface area contributed by atoms with Crippen molar-refractivity contribution in [1.82, 2.24) is 5.32 Å². The van der Waals surface area contributed by atoms with Crippen LogP contribution in [0.5, 0.6) is 11.5 Å². The van der Waals surface area contributed by atoms with Crippen LogP contribution >= 0.6 is 0 Å². The predicted molar refractivity (Wildman–Crippen MR) is 148 cm³/mol. The van der Waals surface area contributed by atoms with Crippen LogP contribution in [-0.2, 0) is 16.0 Å². The van der Waals surface area contributed by atoms with Crippen molar-refractivity contribution in [3.63, 3.8) is 0 Å². The van der Waals surface area contributed by atoms with Gasteiger partial charge in [-0.25, -0.2) is 9.59 Å². The van der Waals surface area contributed by atoms with Crippen molar-refractivity contribution in [2.75, 3.05) is 20.8 Å². The smallest absolute Gasteiger partial charge is 0.407 e. The molecule has 7 heteroatoms. The van der Waals surface area contributed by atoms with Crippen molar-refractivity contribution in [2.24, 2.45) is 0 Å². The zero-order valence-corrected chi connectivity index (χ0v) is 21.7. The number of alkyl carbamates (subject to hydrolysis) is 1. The molecule has 4 aromatic carbocycles. The van der Waals surface area contributed by atoms with E-state index in [0.29, 0.717) is 11.5 Å². The highest BCUT2D eigenvalue weighted by atomic mass is 16.5. The van der Waals surface area contributed by atoms with E-state index in [0.717, 1.165) is 38.9 Å². The van der Waals surface area contributed by atoms with E-state index >= 15 is 0 Å². The van der Waals surface area contributed by atoms with E-state index in [9.17, 15) is 14.7 Å². The summed E-state index contributed by atoms with van der Waals surface area (Å²) < 4.78 is 16.3. The van der Waals surface area contributed by atoms with Crippen molar-refractivity contribution in [3.05, 3.63) is 108 Å². The average Bonchev–Trinajstić information content (AvgIpc) is 3.29. The molecule has 0 unspecified atom stereocenters. The number of carboxylic acids is 1. The minimum atomic E-state index is -1.14. The molecule has 1 aliphatic rings. The van der Waals surface area contributed by atoms with Gasteiger partial charge >= 0.3 is 12.1 Å². The van der Waals surface area contributed by atoms with Crippen molar-refractivity contribution in [3.8, 4) is 33.8 Å². The van der Waals surface area contributed by atoms with Crippen LogP contribution in [0.25, 0.3) is 22.3 Å². The van der Waals surface area contributed by atoms with Crippen LogP contribution in [0.15, 0.2) is 91.0 Å². The lowest BCUT2D eigenvalue weighted by Crippen LogP contribution is -2.42. The fraction of sp³-hybridized carbons (Fsp3) is 0.188. The molecule has 0 radical (unpaired) electrons. The molecule has 0 saturated heterocycles. The Morgan fingerprint density at radius 1 is 0.821 bits per heavy atom. The summed E-state index contributed by atoms with van der Waals surface area (Å²) in [6, 6.07) is 27.9. The number of carboxylic acid groups (broad SMARTS) is 1. The third kappa shape index (κ3) is 5.43. The summed E-state index contributed by atoms with van der Waals surface area (Å²) >= 11 is 0. The first-order valence-corrected chi connectivity index (χ1v) is 12.6. The van der Waals surface area contributed by atoms with Gasteiger partial charge in [0.2, 0.25) is 0 Å². The molecular weight excluding hydrogens is 494 g/mol. The number of hydrogen-bond acceptors (Lipinski definition) is 5. The molecule has 4 aromatic rings. The monoisotopic (exact) mass is 523 g/mol. The molecule has 2 N–H and O–H groups in total. The van der Waals surface area contributed by atoms with Crippen molar-refractivity contribution in [1.29, 1.82) is 0 Å². The third-order valence-corrected chi connectivity index (χ3v) is 7.05. The molecule has 0 saturated carbocycles. The maximum absolute atomic E-state index is 12.7. The standard InChI is InChI=1S/C32H29NO6/c1-37-22-15-16-30(38-2)27(18-22)21-13-11-20(12-14-21)17-29(31(34)35)33-32(36)39-19-28-25-9-5-3-7-23(25)24-8-4-6-10-26(24)28/h3-16,18,28-29H,17,19H2,1-2H3,(H,33,36)(H,34,35)/t29-/m0/s1. The summed E-state index contributed by atoms with van der Waals surface area (Å²) in [5.74, 6) is 0.159. The van der Waals surface area contributed by atoms with E-state index in [1.807, 2.05) is 78.9 Å². The number of rotatable bonds is 9. The number of ether oxygens (including phenoxy) is 3. The molecule has 1 aliphatic carbocycles. The molecular formula is C32H29NO6. The summed E-state index contributed by atoms with van der Waals surface area (Å²) in [5, 5.41) is 12.3. The largest absolute Gasteiger partial charge is 0.497 e. The topological polar surface area (TPSA) is 94.1 Å². The van der Waals surface area contributed by atoms with Gasteiger partial charge in [0, 0.05) is 17.9 Å². The summed E-state index contributed by atoms with van der Waals surface area (Å²) in [4.78, 5) is 24.6. The minimum absolute atomic E-state index is 0.104.